The normalized spacial score (nSPS) is 15.5. The van der Waals surface area contributed by atoms with E-state index in [1.165, 1.54) is 0 Å². The van der Waals surface area contributed by atoms with Crippen LogP contribution in [-0.4, -0.2) is 15.8 Å². The van der Waals surface area contributed by atoms with E-state index in [-0.39, 0.29) is 65.3 Å². The molecule has 0 unspecified atom stereocenters. The average Bonchev–Trinajstić information content (AvgIpc) is 1.64. The molecule has 5 heteroatoms. The van der Waals surface area contributed by atoms with Crippen LogP contribution in [0.4, 0.5) is 34.1 Å². The van der Waals surface area contributed by atoms with Gasteiger partial charge in [-0.1, -0.05) is 322 Å². The second-order valence-electron chi connectivity index (χ2n) is 33.1. The van der Waals surface area contributed by atoms with Gasteiger partial charge < -0.3 is 18.9 Å². The van der Waals surface area contributed by atoms with E-state index in [4.69, 9.17) is 5.48 Å². The largest absolute Gasteiger partial charge is 0.310 e. The van der Waals surface area contributed by atoms with Crippen molar-refractivity contribution < 1.29 is 21.9 Å². The third kappa shape index (κ3) is 10.9. The number of hydrogen-bond donors (Lipinski definition) is 0. The van der Waals surface area contributed by atoms with Crippen molar-refractivity contribution in [2.45, 2.75) is 131 Å². The van der Waals surface area contributed by atoms with Gasteiger partial charge in [0, 0.05) is 77.9 Å². The van der Waals surface area contributed by atoms with Crippen molar-refractivity contribution in [2.24, 2.45) is 0 Å². The predicted molar refractivity (Wildman–Crippen MR) is 444 cm³/mol. The first-order valence-electron chi connectivity index (χ1n) is 43.7. The van der Waals surface area contributed by atoms with Crippen molar-refractivity contribution in [1.82, 2.24) is 9.13 Å². The molecular weight excluding hydrogens is 1240 g/mol. The smallest absolute Gasteiger partial charge is 0.252 e. The Kier molecular flexibility index (Phi) is 11.5. The molecule has 2 aliphatic heterocycles. The molecule has 103 heavy (non-hydrogen) atoms. The van der Waals surface area contributed by atoms with Crippen LogP contribution in [-0.2, 0) is 27.1 Å². The minimum Gasteiger partial charge on any atom is -0.310 e. The van der Waals surface area contributed by atoms with Crippen LogP contribution in [0.5, 0.6) is 0 Å². The number of hydrogen-bond acceptors (Lipinski definition) is 2. The summed E-state index contributed by atoms with van der Waals surface area (Å²) >= 11 is 0. The summed E-state index contributed by atoms with van der Waals surface area (Å²) in [6.07, 6.45) is 0. The average molecular weight is 1350 g/mol. The van der Waals surface area contributed by atoms with Crippen LogP contribution in [0.15, 0.2) is 279 Å². The SMILES string of the molecule is [2H]c1c([2H])c([2H])c2c(c1[2H])c1c([2H])c([2H])c([2H])c([2H])c1n2-c1ccc2c(c1)N(c1c(-c3cccc(C(C)(C)C)c3)cccc1-c1cccc(C(C)(C)C)c1)c1cc(C(C)(C)C)cc3c1B2c1ccc(-n2c4c([2H])c([2H])c([2H])c([2H])c4c4c([2H])c([2H])c([2H])c([2H])c42)cc1N3c1c(-c2cccc(C(C)(C)C)c2)cccc1-c1cccc(C(C)(C)C)c1. The number of rotatable bonds is 8. The zero-order valence-corrected chi connectivity index (χ0v) is 61.2. The summed E-state index contributed by atoms with van der Waals surface area (Å²) in [6.45, 7) is 32.3. The Morgan fingerprint density at radius 1 is 0.272 bits per heavy atom. The van der Waals surface area contributed by atoms with E-state index in [9.17, 15) is 16.4 Å². The monoisotopic (exact) mass is 1350 g/mol. The lowest BCUT2D eigenvalue weighted by Gasteiger charge is -2.46. The van der Waals surface area contributed by atoms with E-state index < -0.39 is 109 Å². The van der Waals surface area contributed by atoms with Crippen LogP contribution in [0, 0.1) is 0 Å². The summed E-state index contributed by atoms with van der Waals surface area (Å²) in [5.41, 5.74) is 17.8. The van der Waals surface area contributed by atoms with Gasteiger partial charge in [-0.3, -0.25) is 0 Å². The molecule has 0 saturated heterocycles. The highest BCUT2D eigenvalue weighted by atomic mass is 15.2. The van der Waals surface area contributed by atoms with Gasteiger partial charge in [0.2, 0.25) is 0 Å². The summed E-state index contributed by atoms with van der Waals surface area (Å²) in [5, 5.41) is -0.263. The van der Waals surface area contributed by atoms with Gasteiger partial charge >= 0.3 is 0 Å². The van der Waals surface area contributed by atoms with Gasteiger partial charge in [0.05, 0.1) is 55.4 Å². The highest BCUT2D eigenvalue weighted by Gasteiger charge is 2.46. The van der Waals surface area contributed by atoms with Crippen LogP contribution in [0.25, 0.3) is 99.5 Å². The second-order valence-corrected chi connectivity index (χ2v) is 33.1. The van der Waals surface area contributed by atoms with Crippen LogP contribution in [0.3, 0.4) is 0 Å². The first kappa shape index (κ1) is 49.7. The molecule has 0 spiro atoms. The van der Waals surface area contributed by atoms with Crippen LogP contribution < -0.4 is 26.2 Å². The van der Waals surface area contributed by atoms with Gasteiger partial charge in [0.25, 0.3) is 6.71 Å². The predicted octanol–water partition coefficient (Wildman–Crippen LogP) is 25.1. The van der Waals surface area contributed by atoms with E-state index in [2.05, 4.69) is 259 Å². The molecule has 506 valence electrons. The number of fused-ring (bicyclic) bond motifs is 10. The van der Waals surface area contributed by atoms with Crippen molar-refractivity contribution in [3.8, 4) is 55.9 Å². The molecule has 0 amide bonds. The molecule has 0 atom stereocenters. The summed E-state index contributed by atoms with van der Waals surface area (Å²) in [4.78, 5) is 4.73. The minimum atomic E-state index is -0.761. The fourth-order valence-corrected chi connectivity index (χ4v) is 15.6. The Morgan fingerprint density at radius 3 is 0.825 bits per heavy atom. The van der Waals surface area contributed by atoms with Gasteiger partial charge in [0.1, 0.15) is 0 Å². The molecule has 0 saturated carbocycles. The Morgan fingerprint density at radius 2 is 0.544 bits per heavy atom. The van der Waals surface area contributed by atoms with E-state index in [1.807, 2.05) is 36.4 Å². The van der Waals surface area contributed by atoms with Gasteiger partial charge in [-0.05, 0) is 154 Å². The lowest BCUT2D eigenvalue weighted by molar-refractivity contribution is 0.590. The first-order chi connectivity index (χ1) is 55.9. The minimum absolute atomic E-state index is 0.0430. The van der Waals surface area contributed by atoms with E-state index in [1.54, 1.807) is 9.13 Å². The third-order valence-corrected chi connectivity index (χ3v) is 21.2. The summed E-state index contributed by atoms with van der Waals surface area (Å²) in [6, 6.07) is 56.0. The van der Waals surface area contributed by atoms with Crippen molar-refractivity contribution >= 4 is 101 Å². The fraction of sp³-hybridized carbons (Fsp3) is 0.204. The number of aromatic nitrogens is 2. The maximum atomic E-state index is 9.91. The standard InChI is InChI=1S/C98H91BN4/c1-94(2,3)66-34-24-30-62(54-66)73-42-28-43-74(63-31-25-35-67(55-63)95(4,5)6)92(73)102-87-60-71(100-83-46-20-16-38-77(83)78-39-17-21-47-84(78)100)50-52-81(87)99-82-53-51-72(101-85-48-22-18-40-79(85)80-41-19-23-49-86(80)101)61-88(82)103(90-59-70(98(13,14)15)58-89(102)91(90)99)93-75(64-32-26-36-68(56-64)96(7,8)9)44-29-45-76(93)65-33-27-37-69(57-65)97(10,11)12/h16-61H,1-15H3/i16D,17D,18D,19D,20D,21D,22D,23D,38D,39D,40D,41D,46D,47D,48D,49D. The van der Waals surface area contributed by atoms with E-state index >= 15 is 0 Å². The zero-order chi connectivity index (χ0) is 85.3. The number of para-hydroxylation sites is 6. The third-order valence-electron chi connectivity index (χ3n) is 21.2. The van der Waals surface area contributed by atoms with Crippen molar-refractivity contribution in [3.05, 3.63) is 306 Å². The molecule has 0 radical (unpaired) electrons. The zero-order valence-electron chi connectivity index (χ0n) is 77.2. The molecule has 0 aliphatic carbocycles. The summed E-state index contributed by atoms with van der Waals surface area (Å²) in [5.74, 6) is 0. The number of benzene rings is 13. The lowest BCUT2D eigenvalue weighted by atomic mass is 9.33. The molecule has 0 bridgehead atoms. The Hall–Kier alpha value is -10.9. The molecular formula is C98H91BN4. The van der Waals surface area contributed by atoms with Crippen LogP contribution in [0.1, 0.15) is 154 Å². The number of nitrogens with zero attached hydrogens (tertiary/aromatic N) is 4. The van der Waals surface area contributed by atoms with Gasteiger partial charge in [-0.15, -0.1) is 0 Å². The quantitative estimate of drug-likeness (QED) is 0.141. The van der Waals surface area contributed by atoms with Gasteiger partial charge in [0.15, 0.2) is 0 Å². The van der Waals surface area contributed by atoms with Crippen molar-refractivity contribution in [1.29, 1.82) is 0 Å². The van der Waals surface area contributed by atoms with Crippen LogP contribution in [0.2, 0.25) is 0 Å². The molecule has 0 fully saturated rings. The topological polar surface area (TPSA) is 16.3 Å². The second kappa shape index (κ2) is 23.9. The van der Waals surface area contributed by atoms with Crippen LogP contribution >= 0.6 is 0 Å². The molecule has 2 aromatic heterocycles. The summed E-state index contributed by atoms with van der Waals surface area (Å²) < 4.78 is 155. The molecule has 13 aromatic carbocycles. The molecule has 0 N–H and O–H groups in total. The van der Waals surface area contributed by atoms with Crippen molar-refractivity contribution in [3.63, 3.8) is 0 Å². The fourth-order valence-electron chi connectivity index (χ4n) is 15.6. The lowest BCUT2D eigenvalue weighted by Crippen LogP contribution is -2.61. The Labute approximate surface area is 632 Å². The van der Waals surface area contributed by atoms with E-state index in [0.29, 0.717) is 22.7 Å². The maximum absolute atomic E-state index is 9.91. The van der Waals surface area contributed by atoms with Gasteiger partial charge in [-0.2, -0.15) is 0 Å². The maximum Gasteiger partial charge on any atom is 0.252 e. The molecule has 4 heterocycles. The van der Waals surface area contributed by atoms with Gasteiger partial charge in [-0.25, -0.2) is 0 Å². The molecule has 2 aliphatic rings. The number of anilines is 6. The molecule has 4 nitrogen and oxygen atoms in total. The Bertz CT molecular complexity index is 6230. The molecule has 17 rings (SSSR count). The highest BCUT2D eigenvalue weighted by molar-refractivity contribution is 7.00. The van der Waals surface area contributed by atoms with Crippen molar-refractivity contribution in [2.75, 3.05) is 9.80 Å². The first-order valence-corrected chi connectivity index (χ1v) is 35.7. The summed E-state index contributed by atoms with van der Waals surface area (Å²) in [7, 11) is 0. The molecule has 15 aromatic rings. The highest BCUT2D eigenvalue weighted by Crippen LogP contribution is 2.55. The van der Waals surface area contributed by atoms with E-state index in [0.717, 1.165) is 111 Å². The Balaban J connectivity index is 1.11.